The molecule has 0 saturated carbocycles. The van der Waals surface area contributed by atoms with E-state index in [4.69, 9.17) is 9.15 Å². The minimum atomic E-state index is -1.20. The summed E-state index contributed by atoms with van der Waals surface area (Å²) in [5.74, 6) is -1.62. The van der Waals surface area contributed by atoms with Crippen molar-refractivity contribution in [3.63, 3.8) is 0 Å². The predicted molar refractivity (Wildman–Crippen MR) is 99.4 cm³/mol. The fraction of sp³-hybridized carbons (Fsp3) is 0.150. The molecule has 1 atom stereocenters. The fourth-order valence-corrected chi connectivity index (χ4v) is 2.65. The Kier molecular flexibility index (Phi) is 5.59. The first-order chi connectivity index (χ1) is 13.4. The highest BCUT2D eigenvalue weighted by atomic mass is 16.5. The van der Waals surface area contributed by atoms with Gasteiger partial charge < -0.3 is 24.7 Å². The Bertz CT molecular complexity index is 1060. The van der Waals surface area contributed by atoms with Gasteiger partial charge in [-0.25, -0.2) is 9.59 Å². The number of nitrogens with one attached hydrogen (secondary N) is 1. The number of hydrogen-bond acceptors (Lipinski definition) is 6. The van der Waals surface area contributed by atoms with Crippen molar-refractivity contribution in [1.29, 1.82) is 0 Å². The molecule has 3 aromatic rings. The fourth-order valence-electron chi connectivity index (χ4n) is 2.65. The number of carbonyl (C=O) groups is 2. The average molecular weight is 383 g/mol. The van der Waals surface area contributed by atoms with Gasteiger partial charge in [0.25, 0.3) is 5.91 Å². The van der Waals surface area contributed by atoms with E-state index in [-0.39, 0.29) is 17.9 Å². The van der Waals surface area contributed by atoms with E-state index in [0.717, 1.165) is 6.07 Å². The molecule has 0 aliphatic rings. The number of aliphatic carboxylic acids is 1. The molecular formula is C20H17NO7. The molecule has 1 heterocycles. The smallest absolute Gasteiger partial charge is 0.339 e. The summed E-state index contributed by atoms with van der Waals surface area (Å²) in [5, 5.41) is 21.5. The second kappa shape index (κ2) is 8.26. The number of phenols is 1. The molecule has 0 aliphatic carbocycles. The minimum absolute atomic E-state index is 0.0409. The average Bonchev–Trinajstić information content (AvgIpc) is 2.67. The first-order valence-corrected chi connectivity index (χ1v) is 8.38. The highest BCUT2D eigenvalue weighted by Gasteiger charge is 2.21. The Balaban J connectivity index is 1.66. The molecule has 0 saturated heterocycles. The lowest BCUT2D eigenvalue weighted by molar-refractivity contribution is -0.142. The molecule has 0 unspecified atom stereocenters. The van der Waals surface area contributed by atoms with Gasteiger partial charge in [0.15, 0.2) is 6.61 Å². The number of benzene rings is 2. The number of amides is 1. The van der Waals surface area contributed by atoms with Gasteiger partial charge in [-0.15, -0.1) is 0 Å². The maximum atomic E-state index is 12.2. The van der Waals surface area contributed by atoms with Gasteiger partial charge in [0.1, 0.15) is 23.1 Å². The first-order valence-electron chi connectivity index (χ1n) is 8.38. The number of carboxylic acids is 1. The molecule has 0 aliphatic heterocycles. The van der Waals surface area contributed by atoms with Gasteiger partial charge in [-0.2, -0.15) is 0 Å². The van der Waals surface area contributed by atoms with Crippen molar-refractivity contribution in [2.75, 3.05) is 6.61 Å². The van der Waals surface area contributed by atoms with E-state index in [2.05, 4.69) is 5.32 Å². The van der Waals surface area contributed by atoms with Crippen molar-refractivity contribution in [2.24, 2.45) is 0 Å². The SMILES string of the molecule is O=C(COc1cc(=O)oc2ccccc12)N[C@@H](Cc1ccc(O)cc1)C(=O)O. The Morgan fingerprint density at radius 2 is 1.82 bits per heavy atom. The summed E-state index contributed by atoms with van der Waals surface area (Å²) in [6.45, 7) is -0.465. The third-order valence-electron chi connectivity index (χ3n) is 3.98. The van der Waals surface area contributed by atoms with Crippen LogP contribution in [0.3, 0.4) is 0 Å². The summed E-state index contributed by atoms with van der Waals surface area (Å²) in [5.41, 5.74) is 0.337. The Morgan fingerprint density at radius 1 is 1.11 bits per heavy atom. The van der Waals surface area contributed by atoms with Gasteiger partial charge in [0, 0.05) is 6.42 Å². The second-order valence-corrected chi connectivity index (χ2v) is 6.04. The quantitative estimate of drug-likeness (QED) is 0.530. The number of carboxylic acid groups (broad SMARTS) is 1. The van der Waals surface area contributed by atoms with Gasteiger partial charge in [0.2, 0.25) is 0 Å². The van der Waals surface area contributed by atoms with E-state index in [1.54, 1.807) is 36.4 Å². The van der Waals surface area contributed by atoms with Crippen molar-refractivity contribution in [1.82, 2.24) is 5.32 Å². The van der Waals surface area contributed by atoms with E-state index in [9.17, 15) is 24.6 Å². The van der Waals surface area contributed by atoms with Crippen molar-refractivity contribution >= 4 is 22.8 Å². The van der Waals surface area contributed by atoms with Crippen molar-refractivity contribution in [3.05, 3.63) is 70.6 Å². The number of hydrogen-bond donors (Lipinski definition) is 3. The van der Waals surface area contributed by atoms with Crippen LogP contribution in [0.5, 0.6) is 11.5 Å². The van der Waals surface area contributed by atoms with Crippen LogP contribution in [-0.4, -0.2) is 34.7 Å². The summed E-state index contributed by atoms with van der Waals surface area (Å²) < 4.78 is 10.5. The lowest BCUT2D eigenvalue weighted by atomic mass is 10.1. The van der Waals surface area contributed by atoms with E-state index in [1.165, 1.54) is 12.1 Å². The third kappa shape index (κ3) is 4.67. The topological polar surface area (TPSA) is 126 Å². The van der Waals surface area contributed by atoms with Crippen molar-refractivity contribution in [2.45, 2.75) is 12.5 Å². The molecule has 8 heteroatoms. The summed E-state index contributed by atoms with van der Waals surface area (Å²) in [6.07, 6.45) is 0.0409. The minimum Gasteiger partial charge on any atom is -0.508 e. The maximum absolute atomic E-state index is 12.2. The number of para-hydroxylation sites is 1. The van der Waals surface area contributed by atoms with Crippen molar-refractivity contribution in [3.8, 4) is 11.5 Å². The molecule has 0 spiro atoms. The second-order valence-electron chi connectivity index (χ2n) is 6.04. The lowest BCUT2D eigenvalue weighted by Gasteiger charge is -2.15. The van der Waals surface area contributed by atoms with Crippen LogP contribution in [0, 0.1) is 0 Å². The molecule has 1 aromatic heterocycles. The molecular weight excluding hydrogens is 366 g/mol. The molecule has 0 bridgehead atoms. The monoisotopic (exact) mass is 383 g/mol. The summed E-state index contributed by atoms with van der Waals surface area (Å²) in [6, 6.07) is 12.7. The Morgan fingerprint density at radius 3 is 2.54 bits per heavy atom. The third-order valence-corrected chi connectivity index (χ3v) is 3.98. The van der Waals surface area contributed by atoms with Crippen LogP contribution in [0.15, 0.2) is 63.8 Å². The van der Waals surface area contributed by atoms with Crippen LogP contribution in [0.2, 0.25) is 0 Å². The van der Waals surface area contributed by atoms with E-state index in [0.29, 0.717) is 16.5 Å². The number of rotatable bonds is 7. The van der Waals surface area contributed by atoms with Crippen LogP contribution in [0.4, 0.5) is 0 Å². The zero-order chi connectivity index (χ0) is 20.1. The molecule has 3 rings (SSSR count). The number of aromatic hydroxyl groups is 1. The van der Waals surface area contributed by atoms with Crippen molar-refractivity contribution < 1.29 is 29.0 Å². The summed E-state index contributed by atoms with van der Waals surface area (Å²) >= 11 is 0. The molecule has 2 aromatic carbocycles. The Hall–Kier alpha value is -3.81. The van der Waals surface area contributed by atoms with Crippen LogP contribution >= 0.6 is 0 Å². The zero-order valence-electron chi connectivity index (χ0n) is 14.6. The maximum Gasteiger partial charge on any atom is 0.339 e. The standard InChI is InChI=1S/C20H17NO7/c22-13-7-5-12(6-8-13)9-15(20(25)26)21-18(23)11-27-17-10-19(24)28-16-4-2-1-3-14(16)17/h1-8,10,15,22H,9,11H2,(H,21,23)(H,25,26)/t15-/m0/s1. The largest absolute Gasteiger partial charge is 0.508 e. The number of ether oxygens (including phenoxy) is 1. The Labute approximate surface area is 159 Å². The summed E-state index contributed by atoms with van der Waals surface area (Å²) in [7, 11) is 0. The van der Waals surface area contributed by atoms with Gasteiger partial charge in [0.05, 0.1) is 11.5 Å². The molecule has 28 heavy (non-hydrogen) atoms. The number of phenolic OH excluding ortho intramolecular Hbond substituents is 1. The number of fused-ring (bicyclic) bond motifs is 1. The first kappa shape index (κ1) is 19.0. The molecule has 8 nitrogen and oxygen atoms in total. The zero-order valence-corrected chi connectivity index (χ0v) is 14.6. The van der Waals surface area contributed by atoms with Gasteiger partial charge in [-0.1, -0.05) is 24.3 Å². The van der Waals surface area contributed by atoms with E-state index in [1.807, 2.05) is 0 Å². The molecule has 3 N–H and O–H groups in total. The highest BCUT2D eigenvalue weighted by Crippen LogP contribution is 2.23. The van der Waals surface area contributed by atoms with Gasteiger partial charge in [-0.05, 0) is 29.8 Å². The predicted octanol–water partition coefficient (Wildman–Crippen LogP) is 1.69. The van der Waals surface area contributed by atoms with E-state index < -0.39 is 30.2 Å². The van der Waals surface area contributed by atoms with Crippen LogP contribution < -0.4 is 15.7 Å². The lowest BCUT2D eigenvalue weighted by Crippen LogP contribution is -2.44. The van der Waals surface area contributed by atoms with E-state index >= 15 is 0 Å². The van der Waals surface area contributed by atoms with Gasteiger partial charge in [-0.3, -0.25) is 4.79 Å². The normalized spacial score (nSPS) is 11.7. The van der Waals surface area contributed by atoms with Gasteiger partial charge >= 0.3 is 11.6 Å². The molecule has 0 fully saturated rings. The molecule has 1 amide bonds. The highest BCUT2D eigenvalue weighted by molar-refractivity contribution is 5.86. The van der Waals surface area contributed by atoms with Crippen LogP contribution in [0.1, 0.15) is 5.56 Å². The molecule has 0 radical (unpaired) electrons. The number of carbonyl (C=O) groups excluding carboxylic acids is 1. The summed E-state index contributed by atoms with van der Waals surface area (Å²) in [4.78, 5) is 35.2. The van der Waals surface area contributed by atoms with Crippen LogP contribution in [0.25, 0.3) is 11.0 Å². The molecule has 144 valence electrons. The van der Waals surface area contributed by atoms with Crippen LogP contribution in [-0.2, 0) is 16.0 Å².